The molecule has 1 nitrogen and oxygen atoms in total. The summed E-state index contributed by atoms with van der Waals surface area (Å²) in [6.45, 7) is 12.2. The monoisotopic (exact) mass is 365 g/mol. The molecule has 1 atom stereocenters. The number of halogens is 1. The molecule has 1 rings (SSSR count). The smallest absolute Gasteiger partial charge is 0.109 e. The molecule has 0 fully saturated rings. The van der Waals surface area contributed by atoms with Crippen molar-refractivity contribution in [3.8, 4) is 0 Å². The molecule has 0 radical (unpaired) electrons. The first kappa shape index (κ1) is 24.2. The summed E-state index contributed by atoms with van der Waals surface area (Å²) in [5, 5.41) is 0. The average Bonchev–Trinajstić information content (AvgIpc) is 2.63. The van der Waals surface area contributed by atoms with Crippen molar-refractivity contribution in [3.63, 3.8) is 0 Å². The second-order valence-corrected chi connectivity index (χ2v) is 7.27. The van der Waals surface area contributed by atoms with Crippen LogP contribution in [0.1, 0.15) is 83.6 Å². The lowest BCUT2D eigenvalue weighted by Gasteiger charge is -2.34. The van der Waals surface area contributed by atoms with E-state index in [1.165, 1.54) is 76.3 Å². The normalized spacial score (nSPS) is 13.0. The second-order valence-electron chi connectivity index (χ2n) is 7.27. The van der Waals surface area contributed by atoms with Crippen molar-refractivity contribution < 1.29 is 16.9 Å². The molecule has 0 spiro atoms. The van der Waals surface area contributed by atoms with Gasteiger partial charge >= 0.3 is 0 Å². The highest BCUT2D eigenvalue weighted by Crippen LogP contribution is 2.18. The molecule has 0 aliphatic heterocycles. The molecule has 0 N–H and O–H groups in total. The standard InChI is InChI=1S/C23H40N.ClH/c1-4-7-8-9-10-11-12-13-14-18-21-24(5-2,6-3)22-23-19-16-15-17-20-23;/h5,15-17,19-20H,2,4,6-14,18,21-22H2,1,3H3;1H/q+1;/p-1. The van der Waals surface area contributed by atoms with Crippen molar-refractivity contribution >= 4 is 0 Å². The van der Waals surface area contributed by atoms with Gasteiger partial charge in [0.15, 0.2) is 0 Å². The van der Waals surface area contributed by atoms with Gasteiger partial charge in [-0.25, -0.2) is 0 Å². The van der Waals surface area contributed by atoms with Crippen LogP contribution in [0.2, 0.25) is 0 Å². The predicted octanol–water partition coefficient (Wildman–Crippen LogP) is 4.09. The highest BCUT2D eigenvalue weighted by molar-refractivity contribution is 5.13. The number of benzene rings is 1. The Bertz CT molecular complexity index is 417. The topological polar surface area (TPSA) is 0 Å². The predicted molar refractivity (Wildman–Crippen MR) is 108 cm³/mol. The Hall–Kier alpha value is -0.790. The lowest BCUT2D eigenvalue weighted by atomic mass is 10.1. The summed E-state index contributed by atoms with van der Waals surface area (Å²) < 4.78 is 1.01. The second kappa shape index (κ2) is 15.5. The third-order valence-electron chi connectivity index (χ3n) is 5.31. The van der Waals surface area contributed by atoms with E-state index in [2.05, 4.69) is 57.0 Å². The van der Waals surface area contributed by atoms with Crippen LogP contribution in [-0.2, 0) is 6.54 Å². The molecule has 0 aromatic heterocycles. The van der Waals surface area contributed by atoms with Crippen LogP contribution in [0.25, 0.3) is 0 Å². The van der Waals surface area contributed by atoms with E-state index in [9.17, 15) is 0 Å². The number of hydrogen-bond acceptors (Lipinski definition) is 0. The van der Waals surface area contributed by atoms with Crippen LogP contribution in [0.3, 0.4) is 0 Å². The van der Waals surface area contributed by atoms with Gasteiger partial charge in [-0.3, -0.25) is 4.48 Å². The molecule has 1 unspecified atom stereocenters. The highest BCUT2D eigenvalue weighted by atomic mass is 35.5. The quantitative estimate of drug-likeness (QED) is 0.324. The van der Waals surface area contributed by atoms with Crippen molar-refractivity contribution in [2.24, 2.45) is 0 Å². The molecule has 0 amide bonds. The molecule has 1 aromatic carbocycles. The summed E-state index contributed by atoms with van der Waals surface area (Å²) in [7, 11) is 0. The van der Waals surface area contributed by atoms with Crippen LogP contribution < -0.4 is 12.4 Å². The summed E-state index contributed by atoms with van der Waals surface area (Å²) in [4.78, 5) is 0. The molecule has 0 heterocycles. The Labute approximate surface area is 163 Å². The van der Waals surface area contributed by atoms with Crippen molar-refractivity contribution in [2.45, 2.75) is 84.6 Å². The molecule has 0 saturated carbocycles. The van der Waals surface area contributed by atoms with Gasteiger partial charge in [0.1, 0.15) is 6.54 Å². The summed E-state index contributed by atoms with van der Waals surface area (Å²) >= 11 is 0. The Morgan fingerprint density at radius 1 is 0.800 bits per heavy atom. The fourth-order valence-corrected chi connectivity index (χ4v) is 3.50. The van der Waals surface area contributed by atoms with E-state index in [1.807, 2.05) is 0 Å². The zero-order valence-corrected chi connectivity index (χ0v) is 17.4. The number of hydrogen-bond donors (Lipinski definition) is 0. The highest BCUT2D eigenvalue weighted by Gasteiger charge is 2.21. The zero-order valence-electron chi connectivity index (χ0n) is 16.7. The van der Waals surface area contributed by atoms with E-state index in [-0.39, 0.29) is 12.4 Å². The van der Waals surface area contributed by atoms with Gasteiger partial charge in [-0.2, -0.15) is 0 Å². The first-order chi connectivity index (χ1) is 11.8. The van der Waals surface area contributed by atoms with Gasteiger partial charge < -0.3 is 12.4 Å². The van der Waals surface area contributed by atoms with Gasteiger partial charge in [-0.15, -0.1) is 0 Å². The number of unbranched alkanes of at least 4 members (excludes halogenated alkanes) is 9. The molecule has 0 aliphatic carbocycles. The third-order valence-corrected chi connectivity index (χ3v) is 5.31. The van der Waals surface area contributed by atoms with E-state index < -0.39 is 0 Å². The molecule has 25 heavy (non-hydrogen) atoms. The minimum absolute atomic E-state index is 0. The Kier molecular flexibility index (Phi) is 15.0. The van der Waals surface area contributed by atoms with Gasteiger partial charge in [-0.1, -0.05) is 88.6 Å². The first-order valence-corrected chi connectivity index (χ1v) is 10.3. The Morgan fingerprint density at radius 2 is 1.32 bits per heavy atom. The van der Waals surface area contributed by atoms with Crippen molar-refractivity contribution in [1.82, 2.24) is 0 Å². The first-order valence-electron chi connectivity index (χ1n) is 10.3. The molecular weight excluding hydrogens is 326 g/mol. The van der Waals surface area contributed by atoms with Crippen molar-refractivity contribution in [1.29, 1.82) is 0 Å². The number of rotatable bonds is 15. The van der Waals surface area contributed by atoms with Crippen molar-refractivity contribution in [2.75, 3.05) is 13.1 Å². The fraction of sp³-hybridized carbons (Fsp3) is 0.652. The molecule has 1 aromatic rings. The van der Waals surface area contributed by atoms with E-state index in [0.717, 1.165) is 17.6 Å². The fourth-order valence-electron chi connectivity index (χ4n) is 3.50. The Morgan fingerprint density at radius 3 is 1.80 bits per heavy atom. The van der Waals surface area contributed by atoms with E-state index >= 15 is 0 Å². The van der Waals surface area contributed by atoms with E-state index in [1.54, 1.807) is 0 Å². The Balaban J connectivity index is 0.00000576. The van der Waals surface area contributed by atoms with Gasteiger partial charge in [0.05, 0.1) is 19.3 Å². The molecular formula is C23H40ClN. The summed E-state index contributed by atoms with van der Waals surface area (Å²) in [6.07, 6.45) is 16.2. The van der Waals surface area contributed by atoms with Crippen LogP contribution in [0.5, 0.6) is 0 Å². The molecule has 0 bridgehead atoms. The maximum absolute atomic E-state index is 4.14. The van der Waals surface area contributed by atoms with E-state index in [4.69, 9.17) is 0 Å². The van der Waals surface area contributed by atoms with Gasteiger partial charge in [0.25, 0.3) is 0 Å². The maximum Gasteiger partial charge on any atom is 0.109 e. The van der Waals surface area contributed by atoms with Gasteiger partial charge in [-0.05, 0) is 26.3 Å². The zero-order chi connectivity index (χ0) is 17.5. The third kappa shape index (κ3) is 10.7. The van der Waals surface area contributed by atoms with Crippen LogP contribution in [0, 0.1) is 0 Å². The largest absolute Gasteiger partial charge is 1.00 e. The molecule has 2 heteroatoms. The van der Waals surface area contributed by atoms with E-state index in [0.29, 0.717) is 0 Å². The van der Waals surface area contributed by atoms with Crippen LogP contribution in [0.4, 0.5) is 0 Å². The number of quaternary nitrogens is 1. The minimum Gasteiger partial charge on any atom is -1.00 e. The maximum atomic E-state index is 4.14. The SMILES string of the molecule is C=C[N+](CC)(CCCCCCCCCCCC)Cc1ccccc1.[Cl-]. The summed E-state index contributed by atoms with van der Waals surface area (Å²) in [5.74, 6) is 0. The average molecular weight is 366 g/mol. The van der Waals surface area contributed by atoms with Gasteiger partial charge in [0, 0.05) is 5.56 Å². The van der Waals surface area contributed by atoms with Gasteiger partial charge in [0.2, 0.25) is 0 Å². The molecule has 0 aliphatic rings. The van der Waals surface area contributed by atoms with Crippen LogP contribution >= 0.6 is 0 Å². The lowest BCUT2D eigenvalue weighted by molar-refractivity contribution is -0.891. The van der Waals surface area contributed by atoms with Crippen LogP contribution in [-0.4, -0.2) is 17.6 Å². The molecule has 0 saturated heterocycles. The van der Waals surface area contributed by atoms with Crippen molar-refractivity contribution in [3.05, 3.63) is 48.7 Å². The van der Waals surface area contributed by atoms with Crippen LogP contribution in [0.15, 0.2) is 43.1 Å². The lowest BCUT2D eigenvalue weighted by Crippen LogP contribution is -3.00. The summed E-state index contributed by atoms with van der Waals surface area (Å²) in [5.41, 5.74) is 1.42. The number of nitrogens with zero attached hydrogens (tertiary/aromatic N) is 1. The molecule has 144 valence electrons. The minimum atomic E-state index is 0. The summed E-state index contributed by atoms with van der Waals surface area (Å²) in [6, 6.07) is 10.9.